The van der Waals surface area contributed by atoms with Crippen molar-refractivity contribution in [1.29, 1.82) is 0 Å². The number of halogens is 1. The SMILES string of the molecule is CC(Nc1ccc(C(N)=S)c(Br)c1)C1CCOCC1. The molecule has 1 aliphatic rings. The van der Waals surface area contributed by atoms with Crippen LogP contribution in [0.3, 0.4) is 0 Å². The molecule has 1 atom stereocenters. The zero-order valence-corrected chi connectivity index (χ0v) is 13.4. The highest BCUT2D eigenvalue weighted by molar-refractivity contribution is 9.10. The largest absolute Gasteiger partial charge is 0.389 e. The maximum atomic E-state index is 5.65. The molecule has 1 unspecified atom stereocenters. The third-order valence-electron chi connectivity index (χ3n) is 3.60. The molecule has 1 heterocycles. The van der Waals surface area contributed by atoms with Gasteiger partial charge in [0.1, 0.15) is 4.99 Å². The molecule has 0 bridgehead atoms. The van der Waals surface area contributed by atoms with E-state index >= 15 is 0 Å². The average molecular weight is 343 g/mol. The van der Waals surface area contributed by atoms with Crippen molar-refractivity contribution in [3.63, 3.8) is 0 Å². The zero-order chi connectivity index (χ0) is 13.8. The Morgan fingerprint density at radius 2 is 2.16 bits per heavy atom. The van der Waals surface area contributed by atoms with Crippen LogP contribution in [0.25, 0.3) is 0 Å². The fourth-order valence-electron chi connectivity index (χ4n) is 2.40. The van der Waals surface area contributed by atoms with Gasteiger partial charge in [-0.3, -0.25) is 0 Å². The van der Waals surface area contributed by atoms with E-state index in [2.05, 4.69) is 28.2 Å². The van der Waals surface area contributed by atoms with Crippen molar-refractivity contribution < 1.29 is 4.74 Å². The van der Waals surface area contributed by atoms with Crippen molar-refractivity contribution in [3.05, 3.63) is 28.2 Å². The second-order valence-corrected chi connectivity index (χ2v) is 6.24. The monoisotopic (exact) mass is 342 g/mol. The van der Waals surface area contributed by atoms with Crippen molar-refractivity contribution in [3.8, 4) is 0 Å². The molecule has 0 aromatic heterocycles. The van der Waals surface area contributed by atoms with Gasteiger partial charge in [-0.2, -0.15) is 0 Å². The quantitative estimate of drug-likeness (QED) is 0.824. The van der Waals surface area contributed by atoms with Gasteiger partial charge in [0.25, 0.3) is 0 Å². The Morgan fingerprint density at radius 3 is 2.74 bits per heavy atom. The molecule has 0 saturated carbocycles. The van der Waals surface area contributed by atoms with Gasteiger partial charge in [-0.15, -0.1) is 0 Å². The summed E-state index contributed by atoms with van der Waals surface area (Å²) in [6.07, 6.45) is 2.25. The highest BCUT2D eigenvalue weighted by Crippen LogP contribution is 2.25. The average Bonchev–Trinajstić information content (AvgIpc) is 2.39. The van der Waals surface area contributed by atoms with Crippen LogP contribution < -0.4 is 11.1 Å². The van der Waals surface area contributed by atoms with Crippen LogP contribution in [0.2, 0.25) is 0 Å². The number of benzene rings is 1. The van der Waals surface area contributed by atoms with E-state index in [0.717, 1.165) is 41.8 Å². The normalized spacial score (nSPS) is 18.0. The zero-order valence-electron chi connectivity index (χ0n) is 11.0. The summed E-state index contributed by atoms with van der Waals surface area (Å²) >= 11 is 8.50. The standard InChI is InChI=1S/C14H19BrN2OS/c1-9(10-4-6-18-7-5-10)17-11-2-3-12(14(16)19)13(15)8-11/h2-3,8-10,17H,4-7H2,1H3,(H2,16,19). The Balaban J connectivity index is 2.02. The van der Waals surface area contributed by atoms with E-state index in [-0.39, 0.29) is 0 Å². The summed E-state index contributed by atoms with van der Waals surface area (Å²) in [5.74, 6) is 0.669. The number of nitrogens with two attached hydrogens (primary N) is 1. The molecule has 2 rings (SSSR count). The smallest absolute Gasteiger partial charge is 0.105 e. The van der Waals surface area contributed by atoms with Crippen molar-refractivity contribution in [2.24, 2.45) is 11.7 Å². The maximum Gasteiger partial charge on any atom is 0.105 e. The molecule has 0 amide bonds. The molecule has 0 radical (unpaired) electrons. The molecule has 3 N–H and O–H groups in total. The number of hydrogen-bond donors (Lipinski definition) is 2. The Hall–Kier alpha value is -0.650. The van der Waals surface area contributed by atoms with Crippen molar-refractivity contribution in [2.45, 2.75) is 25.8 Å². The Morgan fingerprint density at radius 1 is 1.47 bits per heavy atom. The van der Waals surface area contributed by atoms with Crippen LogP contribution in [-0.4, -0.2) is 24.2 Å². The number of rotatable bonds is 4. The van der Waals surface area contributed by atoms with Gasteiger partial charge in [0.15, 0.2) is 0 Å². The van der Waals surface area contributed by atoms with Crippen LogP contribution in [0.5, 0.6) is 0 Å². The van der Waals surface area contributed by atoms with Gasteiger partial charge < -0.3 is 15.8 Å². The van der Waals surface area contributed by atoms with Gasteiger partial charge in [0, 0.05) is 35.0 Å². The van der Waals surface area contributed by atoms with Crippen LogP contribution in [0, 0.1) is 5.92 Å². The van der Waals surface area contributed by atoms with Gasteiger partial charge in [0.05, 0.1) is 0 Å². The van der Waals surface area contributed by atoms with Crippen molar-refractivity contribution in [1.82, 2.24) is 0 Å². The summed E-state index contributed by atoms with van der Waals surface area (Å²) in [5.41, 5.74) is 7.61. The molecular weight excluding hydrogens is 324 g/mol. The first-order chi connectivity index (χ1) is 9.08. The van der Waals surface area contributed by atoms with E-state index in [1.54, 1.807) is 0 Å². The predicted octanol–water partition coefficient (Wildman–Crippen LogP) is 3.31. The van der Waals surface area contributed by atoms with E-state index in [9.17, 15) is 0 Å². The lowest BCUT2D eigenvalue weighted by atomic mass is 9.93. The molecule has 104 valence electrons. The summed E-state index contributed by atoms with van der Waals surface area (Å²) in [5, 5.41) is 3.55. The maximum absolute atomic E-state index is 5.65. The Kier molecular flexibility index (Phi) is 5.19. The Labute approximate surface area is 128 Å². The van der Waals surface area contributed by atoms with E-state index in [0.29, 0.717) is 16.9 Å². The molecule has 1 aliphatic heterocycles. The van der Waals surface area contributed by atoms with Gasteiger partial charge in [-0.05, 0) is 59.8 Å². The van der Waals surface area contributed by atoms with E-state index < -0.39 is 0 Å². The highest BCUT2D eigenvalue weighted by atomic mass is 79.9. The number of hydrogen-bond acceptors (Lipinski definition) is 3. The summed E-state index contributed by atoms with van der Waals surface area (Å²) in [6.45, 7) is 3.98. The molecule has 1 aromatic carbocycles. The first-order valence-electron chi connectivity index (χ1n) is 6.51. The topological polar surface area (TPSA) is 47.3 Å². The molecule has 1 saturated heterocycles. The minimum atomic E-state index is 0.413. The van der Waals surface area contributed by atoms with Crippen LogP contribution in [0.1, 0.15) is 25.3 Å². The second kappa shape index (κ2) is 6.68. The highest BCUT2D eigenvalue weighted by Gasteiger charge is 2.20. The van der Waals surface area contributed by atoms with Crippen LogP contribution >= 0.6 is 28.1 Å². The molecule has 5 heteroatoms. The lowest BCUT2D eigenvalue weighted by molar-refractivity contribution is 0.0622. The molecular formula is C14H19BrN2OS. The van der Waals surface area contributed by atoms with E-state index in [4.69, 9.17) is 22.7 Å². The van der Waals surface area contributed by atoms with Crippen LogP contribution in [0.15, 0.2) is 22.7 Å². The minimum Gasteiger partial charge on any atom is -0.389 e. The fourth-order valence-corrected chi connectivity index (χ4v) is 3.30. The minimum absolute atomic E-state index is 0.413. The molecule has 0 spiro atoms. The van der Waals surface area contributed by atoms with Gasteiger partial charge in [-0.1, -0.05) is 12.2 Å². The third kappa shape index (κ3) is 3.91. The molecule has 19 heavy (non-hydrogen) atoms. The van der Waals surface area contributed by atoms with Gasteiger partial charge >= 0.3 is 0 Å². The van der Waals surface area contributed by atoms with Gasteiger partial charge in [0.2, 0.25) is 0 Å². The van der Waals surface area contributed by atoms with E-state index in [1.165, 1.54) is 0 Å². The third-order valence-corrected chi connectivity index (χ3v) is 4.48. The lowest BCUT2D eigenvalue weighted by Gasteiger charge is -2.29. The van der Waals surface area contributed by atoms with Crippen molar-refractivity contribution >= 4 is 38.8 Å². The number of thiocarbonyl (C=S) groups is 1. The molecule has 1 aromatic rings. The second-order valence-electron chi connectivity index (χ2n) is 4.94. The van der Waals surface area contributed by atoms with Crippen molar-refractivity contribution in [2.75, 3.05) is 18.5 Å². The number of nitrogens with one attached hydrogen (secondary N) is 1. The van der Waals surface area contributed by atoms with E-state index in [1.807, 2.05) is 18.2 Å². The molecule has 1 fully saturated rings. The van der Waals surface area contributed by atoms with Crippen LogP contribution in [-0.2, 0) is 4.74 Å². The van der Waals surface area contributed by atoms with Gasteiger partial charge in [-0.25, -0.2) is 0 Å². The fraction of sp³-hybridized carbons (Fsp3) is 0.500. The summed E-state index contributed by atoms with van der Waals surface area (Å²) in [6, 6.07) is 6.44. The number of ether oxygens (including phenoxy) is 1. The predicted molar refractivity (Wildman–Crippen MR) is 86.7 cm³/mol. The first kappa shape index (κ1) is 14.8. The molecule has 3 nitrogen and oxygen atoms in total. The first-order valence-corrected chi connectivity index (χ1v) is 7.71. The van der Waals surface area contributed by atoms with Crippen LogP contribution in [0.4, 0.5) is 5.69 Å². The number of anilines is 1. The summed E-state index contributed by atoms with van der Waals surface area (Å²) < 4.78 is 6.33. The Bertz CT molecular complexity index is 461. The molecule has 0 aliphatic carbocycles. The lowest BCUT2D eigenvalue weighted by Crippen LogP contribution is -2.31. The summed E-state index contributed by atoms with van der Waals surface area (Å²) in [4.78, 5) is 0.413. The summed E-state index contributed by atoms with van der Waals surface area (Å²) in [7, 11) is 0.